The molecule has 26 heavy (non-hydrogen) atoms. The Morgan fingerprint density at radius 2 is 2.15 bits per heavy atom. The minimum atomic E-state index is -0.0573. The van der Waals surface area contributed by atoms with Gasteiger partial charge in [-0.05, 0) is 44.9 Å². The van der Waals surface area contributed by atoms with Gasteiger partial charge in [-0.2, -0.15) is 0 Å². The maximum absolute atomic E-state index is 12.5. The Labute approximate surface area is 154 Å². The summed E-state index contributed by atoms with van der Waals surface area (Å²) in [6.45, 7) is 6.77. The van der Waals surface area contributed by atoms with Gasteiger partial charge < -0.3 is 14.8 Å². The maximum Gasteiger partial charge on any atom is 0.253 e. The summed E-state index contributed by atoms with van der Waals surface area (Å²) in [7, 11) is 0. The van der Waals surface area contributed by atoms with Crippen LogP contribution in [-0.4, -0.2) is 45.9 Å². The Bertz CT molecular complexity index is 783. The van der Waals surface area contributed by atoms with E-state index >= 15 is 0 Å². The molecule has 1 fully saturated rings. The lowest BCUT2D eigenvalue weighted by Gasteiger charge is -2.15. The molecule has 6 nitrogen and oxygen atoms in total. The van der Waals surface area contributed by atoms with E-state index in [0.717, 1.165) is 43.0 Å². The molecule has 0 bridgehead atoms. The SMILES string of the molecule is Cc1cc(C(=O)NCCCN2CCCC2=O)c(C)n1Cc1ccccn1. The maximum atomic E-state index is 12.5. The zero-order chi connectivity index (χ0) is 18.5. The van der Waals surface area contributed by atoms with E-state index in [9.17, 15) is 9.59 Å². The first kappa shape index (κ1) is 18.2. The Balaban J connectivity index is 1.56. The second-order valence-corrected chi connectivity index (χ2v) is 6.79. The summed E-state index contributed by atoms with van der Waals surface area (Å²) < 4.78 is 2.11. The van der Waals surface area contributed by atoms with Crippen LogP contribution in [0.25, 0.3) is 0 Å². The lowest BCUT2D eigenvalue weighted by atomic mass is 10.2. The van der Waals surface area contributed by atoms with Crippen LogP contribution >= 0.6 is 0 Å². The smallest absolute Gasteiger partial charge is 0.253 e. The predicted octanol–water partition coefficient (Wildman–Crippen LogP) is 2.29. The number of nitrogens with one attached hydrogen (secondary N) is 1. The van der Waals surface area contributed by atoms with Crippen molar-refractivity contribution < 1.29 is 9.59 Å². The largest absolute Gasteiger partial charge is 0.352 e. The van der Waals surface area contributed by atoms with Crippen molar-refractivity contribution in [1.82, 2.24) is 19.8 Å². The number of hydrogen-bond donors (Lipinski definition) is 1. The number of pyridine rings is 1. The van der Waals surface area contributed by atoms with Crippen LogP contribution in [0.5, 0.6) is 0 Å². The number of aromatic nitrogens is 2. The summed E-state index contributed by atoms with van der Waals surface area (Å²) in [5.41, 5.74) is 3.66. The number of nitrogens with zero attached hydrogens (tertiary/aromatic N) is 3. The first-order chi connectivity index (χ1) is 12.6. The van der Waals surface area contributed by atoms with Crippen LogP contribution in [0.3, 0.4) is 0 Å². The molecule has 1 aliphatic heterocycles. The molecule has 3 rings (SSSR count). The number of carbonyl (C=O) groups is 2. The fourth-order valence-corrected chi connectivity index (χ4v) is 3.44. The van der Waals surface area contributed by atoms with Gasteiger partial charge in [-0.3, -0.25) is 14.6 Å². The molecule has 1 saturated heterocycles. The van der Waals surface area contributed by atoms with Crippen molar-refractivity contribution in [2.45, 2.75) is 39.7 Å². The average molecular weight is 354 g/mol. The molecule has 2 aromatic heterocycles. The highest BCUT2D eigenvalue weighted by Gasteiger charge is 2.19. The predicted molar refractivity (Wildman–Crippen MR) is 100 cm³/mol. The Kier molecular flexibility index (Phi) is 5.71. The van der Waals surface area contributed by atoms with Gasteiger partial charge in [0, 0.05) is 43.6 Å². The zero-order valence-electron chi connectivity index (χ0n) is 15.5. The van der Waals surface area contributed by atoms with Crippen molar-refractivity contribution in [3.8, 4) is 0 Å². The molecule has 6 heteroatoms. The molecular formula is C20H26N4O2. The summed E-state index contributed by atoms with van der Waals surface area (Å²) in [5.74, 6) is 0.174. The van der Waals surface area contributed by atoms with E-state index in [-0.39, 0.29) is 11.8 Å². The lowest BCUT2D eigenvalue weighted by molar-refractivity contribution is -0.127. The third-order valence-corrected chi connectivity index (χ3v) is 4.93. The quantitative estimate of drug-likeness (QED) is 0.776. The molecule has 0 spiro atoms. The number of hydrogen-bond acceptors (Lipinski definition) is 3. The highest BCUT2D eigenvalue weighted by Crippen LogP contribution is 2.16. The molecule has 0 radical (unpaired) electrons. The van der Waals surface area contributed by atoms with Gasteiger partial charge in [0.2, 0.25) is 5.91 Å². The van der Waals surface area contributed by atoms with Crippen molar-refractivity contribution >= 4 is 11.8 Å². The van der Waals surface area contributed by atoms with Gasteiger partial charge >= 0.3 is 0 Å². The van der Waals surface area contributed by atoms with E-state index in [0.29, 0.717) is 25.1 Å². The fraction of sp³-hybridized carbons (Fsp3) is 0.450. The summed E-state index contributed by atoms with van der Waals surface area (Å²) >= 11 is 0. The van der Waals surface area contributed by atoms with E-state index in [1.54, 1.807) is 6.20 Å². The van der Waals surface area contributed by atoms with E-state index in [4.69, 9.17) is 0 Å². The van der Waals surface area contributed by atoms with Gasteiger partial charge in [0.25, 0.3) is 5.91 Å². The van der Waals surface area contributed by atoms with Crippen LogP contribution in [0, 0.1) is 13.8 Å². The minimum Gasteiger partial charge on any atom is -0.352 e. The second-order valence-electron chi connectivity index (χ2n) is 6.79. The van der Waals surface area contributed by atoms with Gasteiger partial charge in [-0.25, -0.2) is 0 Å². The second kappa shape index (κ2) is 8.17. The van der Waals surface area contributed by atoms with Crippen LogP contribution in [0.15, 0.2) is 30.5 Å². The van der Waals surface area contributed by atoms with Crippen molar-refractivity contribution in [3.63, 3.8) is 0 Å². The first-order valence-corrected chi connectivity index (χ1v) is 9.19. The molecule has 0 aliphatic carbocycles. The van der Waals surface area contributed by atoms with Crippen LogP contribution in [0.1, 0.15) is 46.7 Å². The molecule has 0 unspecified atom stereocenters. The average Bonchev–Trinajstić information content (AvgIpc) is 3.17. The molecule has 2 aromatic rings. The molecule has 0 atom stereocenters. The minimum absolute atomic E-state index is 0.0573. The summed E-state index contributed by atoms with van der Waals surface area (Å²) in [6, 6.07) is 7.78. The van der Waals surface area contributed by atoms with Gasteiger partial charge in [-0.15, -0.1) is 0 Å². The fourth-order valence-electron chi connectivity index (χ4n) is 3.44. The molecule has 0 saturated carbocycles. The third-order valence-electron chi connectivity index (χ3n) is 4.93. The Morgan fingerprint density at radius 3 is 2.85 bits per heavy atom. The molecule has 3 heterocycles. The summed E-state index contributed by atoms with van der Waals surface area (Å²) in [4.78, 5) is 30.4. The van der Waals surface area contributed by atoms with Crippen molar-refractivity contribution in [2.75, 3.05) is 19.6 Å². The highest BCUT2D eigenvalue weighted by atomic mass is 16.2. The number of rotatable bonds is 7. The van der Waals surface area contributed by atoms with E-state index < -0.39 is 0 Å². The summed E-state index contributed by atoms with van der Waals surface area (Å²) in [6.07, 6.45) is 4.18. The molecular weight excluding hydrogens is 328 g/mol. The van der Waals surface area contributed by atoms with Crippen LogP contribution in [0.4, 0.5) is 0 Å². The third kappa shape index (κ3) is 4.12. The van der Waals surface area contributed by atoms with Gasteiger partial charge in [-0.1, -0.05) is 6.07 Å². The molecule has 2 amide bonds. The molecule has 1 aliphatic rings. The molecule has 138 valence electrons. The lowest BCUT2D eigenvalue weighted by Crippen LogP contribution is -2.30. The van der Waals surface area contributed by atoms with Crippen LogP contribution in [0.2, 0.25) is 0 Å². The van der Waals surface area contributed by atoms with Crippen molar-refractivity contribution in [2.24, 2.45) is 0 Å². The number of aryl methyl sites for hydroxylation is 1. The van der Waals surface area contributed by atoms with Crippen LogP contribution in [-0.2, 0) is 11.3 Å². The first-order valence-electron chi connectivity index (χ1n) is 9.19. The molecule has 0 aromatic carbocycles. The Morgan fingerprint density at radius 1 is 1.31 bits per heavy atom. The van der Waals surface area contributed by atoms with Crippen LogP contribution < -0.4 is 5.32 Å². The van der Waals surface area contributed by atoms with Crippen molar-refractivity contribution in [3.05, 3.63) is 53.1 Å². The van der Waals surface area contributed by atoms with Gasteiger partial charge in [0.05, 0.1) is 17.8 Å². The topological polar surface area (TPSA) is 67.2 Å². The Hall–Kier alpha value is -2.63. The summed E-state index contributed by atoms with van der Waals surface area (Å²) in [5, 5.41) is 2.98. The van der Waals surface area contributed by atoms with Gasteiger partial charge in [0.1, 0.15) is 0 Å². The monoisotopic (exact) mass is 354 g/mol. The number of carbonyl (C=O) groups excluding carboxylic acids is 2. The number of amides is 2. The van der Waals surface area contributed by atoms with E-state index in [1.165, 1.54) is 0 Å². The number of likely N-dealkylation sites (tertiary alicyclic amines) is 1. The standard InChI is InChI=1S/C20H26N4O2/c1-15-13-18(16(2)24(15)14-17-7-3-4-9-21-17)20(26)22-10-6-12-23-11-5-8-19(23)25/h3-4,7,9,13H,5-6,8,10-12,14H2,1-2H3,(H,22,26). The normalized spacial score (nSPS) is 14.1. The van der Waals surface area contributed by atoms with E-state index in [2.05, 4.69) is 14.9 Å². The molecule has 1 N–H and O–H groups in total. The van der Waals surface area contributed by atoms with E-state index in [1.807, 2.05) is 43.0 Å². The zero-order valence-corrected chi connectivity index (χ0v) is 15.5. The van der Waals surface area contributed by atoms with Gasteiger partial charge in [0.15, 0.2) is 0 Å². The highest BCUT2D eigenvalue weighted by molar-refractivity contribution is 5.95. The van der Waals surface area contributed by atoms with Crippen molar-refractivity contribution in [1.29, 1.82) is 0 Å².